The van der Waals surface area contributed by atoms with Crippen LogP contribution in [-0.2, 0) is 40.4 Å². The molecule has 2 rings (SSSR count). The number of ether oxygens (including phenoxy) is 6. The van der Waals surface area contributed by atoms with Gasteiger partial charge in [-0.2, -0.15) is 17.6 Å². The van der Waals surface area contributed by atoms with E-state index in [1.807, 2.05) is 0 Å². The van der Waals surface area contributed by atoms with Crippen molar-refractivity contribution in [3.05, 3.63) is 84.0 Å². The van der Waals surface area contributed by atoms with Crippen LogP contribution in [0.5, 0.6) is 11.5 Å². The molecule has 0 saturated carbocycles. The second kappa shape index (κ2) is 15.4. The first-order valence-corrected chi connectivity index (χ1v) is 12.8. The van der Waals surface area contributed by atoms with Crippen LogP contribution in [0, 0.1) is 0 Å². The Balaban J connectivity index is 1.92. The van der Waals surface area contributed by atoms with Crippen molar-refractivity contribution in [2.75, 3.05) is 26.4 Å². The molecule has 2 aromatic carbocycles. The van der Waals surface area contributed by atoms with E-state index >= 15 is 0 Å². The van der Waals surface area contributed by atoms with Gasteiger partial charge in [0.25, 0.3) is 0 Å². The van der Waals surface area contributed by atoms with Gasteiger partial charge in [0.05, 0.1) is 13.2 Å². The average Bonchev–Trinajstić information content (AvgIpc) is 2.93. The Morgan fingerprint density at radius 3 is 1.24 bits per heavy atom. The number of esters is 2. The fourth-order valence-corrected chi connectivity index (χ4v) is 3.24. The smallest absolute Gasteiger partial charge is 0.339 e. The van der Waals surface area contributed by atoms with Crippen LogP contribution in [0.15, 0.2) is 72.8 Å². The minimum absolute atomic E-state index is 0.00525. The number of benzene rings is 2. The molecule has 0 aliphatic heterocycles. The zero-order valence-corrected chi connectivity index (χ0v) is 23.8. The molecule has 0 aromatic heterocycles. The maximum Gasteiger partial charge on any atom is 0.339 e. The van der Waals surface area contributed by atoms with Gasteiger partial charge in [0.2, 0.25) is 0 Å². The molecule has 0 amide bonds. The summed E-state index contributed by atoms with van der Waals surface area (Å²) in [5.74, 6) is -10.0. The number of hydrogen-bond acceptors (Lipinski definition) is 8. The minimum atomic E-state index is -4.55. The van der Waals surface area contributed by atoms with Gasteiger partial charge < -0.3 is 28.4 Å². The lowest BCUT2D eigenvalue weighted by atomic mass is 9.96. The summed E-state index contributed by atoms with van der Waals surface area (Å²) < 4.78 is 91.2. The standard InChI is InChI=1S/C30H34F4O8/c1-19(2)27(35)39-17-15-37-21(5)41-25-11-7-23(8-12-25)29(31,32)30(33,34)24-9-13-26(14-10-24)42-22(6)38-16-18-40-28(36)20(3)4/h7-14,21-22H,1,3,15-18H2,2,4-6H3. The summed E-state index contributed by atoms with van der Waals surface area (Å²) >= 11 is 0. The number of alkyl halides is 4. The van der Waals surface area contributed by atoms with Crippen LogP contribution in [0.25, 0.3) is 0 Å². The Kier molecular flexibility index (Phi) is 12.5. The van der Waals surface area contributed by atoms with Crippen molar-refractivity contribution in [3.63, 3.8) is 0 Å². The van der Waals surface area contributed by atoms with Crippen LogP contribution < -0.4 is 9.47 Å². The molecule has 42 heavy (non-hydrogen) atoms. The zero-order valence-electron chi connectivity index (χ0n) is 23.8. The van der Waals surface area contributed by atoms with Gasteiger partial charge in [-0.25, -0.2) is 9.59 Å². The Labute approximate surface area is 241 Å². The molecule has 12 heteroatoms. The molecular formula is C30H34F4O8. The van der Waals surface area contributed by atoms with E-state index in [-0.39, 0.29) is 49.1 Å². The molecule has 2 aromatic rings. The highest BCUT2D eigenvalue weighted by Gasteiger charge is 2.58. The summed E-state index contributed by atoms with van der Waals surface area (Å²) in [4.78, 5) is 22.7. The van der Waals surface area contributed by atoms with Gasteiger partial charge in [-0.15, -0.1) is 0 Å². The van der Waals surface area contributed by atoms with Crippen molar-refractivity contribution in [2.45, 2.75) is 52.1 Å². The van der Waals surface area contributed by atoms with E-state index in [1.165, 1.54) is 27.7 Å². The van der Waals surface area contributed by atoms with Crippen LogP contribution in [0.2, 0.25) is 0 Å². The summed E-state index contributed by atoms with van der Waals surface area (Å²) in [6.45, 7) is 12.9. The van der Waals surface area contributed by atoms with Crippen LogP contribution >= 0.6 is 0 Å². The van der Waals surface area contributed by atoms with Gasteiger partial charge in [-0.3, -0.25) is 0 Å². The molecule has 2 unspecified atom stereocenters. The largest absolute Gasteiger partial charge is 0.465 e. The normalized spacial score (nSPS) is 13.0. The molecule has 0 bridgehead atoms. The maximum absolute atomic E-state index is 15.0. The summed E-state index contributed by atoms with van der Waals surface area (Å²) in [7, 11) is 0. The van der Waals surface area contributed by atoms with Gasteiger partial charge in [-0.05, 0) is 76.2 Å². The predicted octanol–water partition coefficient (Wildman–Crippen LogP) is 6.29. The SMILES string of the molecule is C=C(C)C(=O)OCCOC(C)Oc1ccc(C(F)(F)C(F)(F)c2ccc(OC(C)OCCOC(=O)C(=C)C)cc2)cc1. The number of carbonyl (C=O) groups is 2. The summed E-state index contributed by atoms with van der Waals surface area (Å²) in [5, 5.41) is 0. The third kappa shape index (κ3) is 9.88. The Morgan fingerprint density at radius 2 is 0.952 bits per heavy atom. The molecule has 0 spiro atoms. The fraction of sp³-hybridized carbons (Fsp3) is 0.400. The molecule has 0 radical (unpaired) electrons. The third-order valence-electron chi connectivity index (χ3n) is 5.47. The van der Waals surface area contributed by atoms with Crippen molar-refractivity contribution in [1.82, 2.24) is 0 Å². The van der Waals surface area contributed by atoms with Gasteiger partial charge in [0.1, 0.15) is 24.7 Å². The molecule has 2 atom stereocenters. The topological polar surface area (TPSA) is 89.5 Å². The second-order valence-corrected chi connectivity index (χ2v) is 9.14. The van der Waals surface area contributed by atoms with Crippen molar-refractivity contribution >= 4 is 11.9 Å². The van der Waals surface area contributed by atoms with E-state index in [0.717, 1.165) is 48.5 Å². The van der Waals surface area contributed by atoms with Gasteiger partial charge in [-0.1, -0.05) is 13.2 Å². The van der Waals surface area contributed by atoms with E-state index in [4.69, 9.17) is 28.4 Å². The first kappa shape index (κ1) is 34.3. The van der Waals surface area contributed by atoms with Gasteiger partial charge in [0, 0.05) is 22.3 Å². The van der Waals surface area contributed by atoms with E-state index in [1.54, 1.807) is 0 Å². The highest BCUT2D eigenvalue weighted by Crippen LogP contribution is 2.50. The number of rotatable bonds is 17. The van der Waals surface area contributed by atoms with Crippen LogP contribution in [0.3, 0.4) is 0 Å². The molecular weight excluding hydrogens is 564 g/mol. The lowest BCUT2D eigenvalue weighted by Crippen LogP contribution is -2.35. The molecule has 0 saturated heterocycles. The van der Waals surface area contributed by atoms with E-state index in [9.17, 15) is 27.2 Å². The van der Waals surface area contributed by atoms with Crippen molar-refractivity contribution in [1.29, 1.82) is 0 Å². The minimum Gasteiger partial charge on any atom is -0.465 e. The zero-order chi connectivity index (χ0) is 31.5. The van der Waals surface area contributed by atoms with Crippen LogP contribution in [0.4, 0.5) is 17.6 Å². The van der Waals surface area contributed by atoms with Crippen molar-refractivity contribution in [2.24, 2.45) is 0 Å². The summed E-state index contributed by atoms with van der Waals surface area (Å²) in [6.07, 6.45) is -1.68. The summed E-state index contributed by atoms with van der Waals surface area (Å²) in [6, 6.07) is 7.86. The monoisotopic (exact) mass is 598 g/mol. The average molecular weight is 599 g/mol. The fourth-order valence-electron chi connectivity index (χ4n) is 3.24. The Morgan fingerprint density at radius 1 is 0.643 bits per heavy atom. The first-order chi connectivity index (χ1) is 19.6. The Hall–Kier alpha value is -3.90. The number of carbonyl (C=O) groups excluding carboxylic acids is 2. The first-order valence-electron chi connectivity index (χ1n) is 12.8. The van der Waals surface area contributed by atoms with E-state index in [0.29, 0.717) is 0 Å². The highest BCUT2D eigenvalue weighted by molar-refractivity contribution is 5.87. The van der Waals surface area contributed by atoms with E-state index < -0.39 is 47.5 Å². The summed E-state index contributed by atoms with van der Waals surface area (Å²) in [5.41, 5.74) is -1.37. The van der Waals surface area contributed by atoms with Gasteiger partial charge in [0.15, 0.2) is 12.6 Å². The molecule has 8 nitrogen and oxygen atoms in total. The molecule has 0 fully saturated rings. The maximum atomic E-state index is 15.0. The lowest BCUT2D eigenvalue weighted by Gasteiger charge is -2.27. The molecule has 0 aliphatic rings. The number of hydrogen-bond donors (Lipinski definition) is 0. The quantitative estimate of drug-likeness (QED) is 0.0690. The molecule has 0 heterocycles. The van der Waals surface area contributed by atoms with Crippen LogP contribution in [-0.4, -0.2) is 50.9 Å². The predicted molar refractivity (Wildman–Crippen MR) is 144 cm³/mol. The van der Waals surface area contributed by atoms with Crippen molar-refractivity contribution < 1.29 is 55.6 Å². The highest BCUT2D eigenvalue weighted by atomic mass is 19.3. The van der Waals surface area contributed by atoms with Gasteiger partial charge >= 0.3 is 23.8 Å². The van der Waals surface area contributed by atoms with E-state index in [2.05, 4.69) is 13.2 Å². The lowest BCUT2D eigenvalue weighted by molar-refractivity contribution is -0.223. The molecule has 0 aliphatic carbocycles. The van der Waals surface area contributed by atoms with Crippen LogP contribution in [0.1, 0.15) is 38.8 Å². The molecule has 0 N–H and O–H groups in total. The molecule has 230 valence electrons. The van der Waals surface area contributed by atoms with Crippen molar-refractivity contribution in [3.8, 4) is 11.5 Å². The second-order valence-electron chi connectivity index (χ2n) is 9.14. The third-order valence-corrected chi connectivity index (χ3v) is 5.47. The Bertz CT molecular complexity index is 1120. The number of halogens is 4.